The number of benzene rings is 1. The van der Waals surface area contributed by atoms with Crippen molar-refractivity contribution >= 4 is 17.6 Å². The van der Waals surface area contributed by atoms with Crippen molar-refractivity contribution in [3.8, 4) is 0 Å². The van der Waals surface area contributed by atoms with Crippen LogP contribution in [0.1, 0.15) is 32.1 Å². The fraction of sp³-hybridized carbons (Fsp3) is 0.556. The van der Waals surface area contributed by atoms with Gasteiger partial charge in [0.1, 0.15) is 5.82 Å². The summed E-state index contributed by atoms with van der Waals surface area (Å²) in [6.45, 7) is 1.18. The number of anilines is 1. The van der Waals surface area contributed by atoms with E-state index in [9.17, 15) is 14.0 Å². The van der Waals surface area contributed by atoms with Crippen molar-refractivity contribution in [2.24, 2.45) is 11.7 Å². The number of halogens is 1. The number of urea groups is 1. The second kappa shape index (κ2) is 7.82. The number of rotatable bonds is 4. The summed E-state index contributed by atoms with van der Waals surface area (Å²) < 4.78 is 12.9. The molecule has 2 fully saturated rings. The molecule has 0 spiro atoms. The van der Waals surface area contributed by atoms with E-state index in [0.29, 0.717) is 31.1 Å². The van der Waals surface area contributed by atoms with Crippen molar-refractivity contribution in [2.45, 2.75) is 44.2 Å². The van der Waals surface area contributed by atoms with Crippen molar-refractivity contribution in [1.29, 1.82) is 0 Å². The molecule has 1 unspecified atom stereocenters. The molecular weight excluding hydrogens is 323 g/mol. The van der Waals surface area contributed by atoms with Crippen molar-refractivity contribution < 1.29 is 14.0 Å². The summed E-state index contributed by atoms with van der Waals surface area (Å²) in [7, 11) is 0. The average Bonchev–Trinajstić information content (AvgIpc) is 3.19. The van der Waals surface area contributed by atoms with Crippen LogP contribution < -0.4 is 16.4 Å². The Balaban J connectivity index is 1.43. The Hall–Kier alpha value is -2.15. The lowest BCUT2D eigenvalue weighted by Crippen LogP contribution is -2.41. The standard InChI is InChI=1S/C18H25FN4O2/c19-13-4-6-14(7-5-13)21-18(25)22-15-8-9-23(11-15)17(24)10-12-2-1-3-16(12)20/h4-7,12,15-16H,1-3,8-11,20H2,(H2,21,22,25)/t12-,15?,16+/m0/s1. The van der Waals surface area contributed by atoms with Crippen LogP contribution in [-0.4, -0.2) is 42.0 Å². The molecule has 2 aliphatic rings. The molecule has 0 aromatic heterocycles. The zero-order valence-corrected chi connectivity index (χ0v) is 14.2. The largest absolute Gasteiger partial charge is 0.341 e. The number of amides is 3. The summed E-state index contributed by atoms with van der Waals surface area (Å²) in [6, 6.07) is 5.32. The maximum absolute atomic E-state index is 12.9. The van der Waals surface area contributed by atoms with Gasteiger partial charge in [-0.1, -0.05) is 6.42 Å². The lowest BCUT2D eigenvalue weighted by atomic mass is 9.99. The van der Waals surface area contributed by atoms with Gasteiger partial charge >= 0.3 is 6.03 Å². The third-order valence-corrected chi connectivity index (χ3v) is 5.13. The highest BCUT2D eigenvalue weighted by Gasteiger charge is 2.31. The average molecular weight is 348 g/mol. The Morgan fingerprint density at radius 3 is 2.64 bits per heavy atom. The monoisotopic (exact) mass is 348 g/mol. The fourth-order valence-electron chi connectivity index (χ4n) is 3.66. The van der Waals surface area contributed by atoms with E-state index < -0.39 is 0 Å². The van der Waals surface area contributed by atoms with Gasteiger partial charge in [-0.05, 0) is 49.4 Å². The second-order valence-corrected chi connectivity index (χ2v) is 6.99. The normalized spacial score (nSPS) is 25.8. The van der Waals surface area contributed by atoms with Gasteiger partial charge < -0.3 is 21.3 Å². The minimum atomic E-state index is -0.349. The van der Waals surface area contributed by atoms with Gasteiger partial charge in [-0.2, -0.15) is 0 Å². The van der Waals surface area contributed by atoms with Gasteiger partial charge in [0.25, 0.3) is 0 Å². The Bertz CT molecular complexity index is 622. The molecule has 6 nitrogen and oxygen atoms in total. The van der Waals surface area contributed by atoms with Crippen molar-refractivity contribution in [3.63, 3.8) is 0 Å². The van der Waals surface area contributed by atoms with Crippen LogP contribution >= 0.6 is 0 Å². The minimum absolute atomic E-state index is 0.0679. The molecule has 3 rings (SSSR count). The zero-order chi connectivity index (χ0) is 17.8. The topological polar surface area (TPSA) is 87.5 Å². The smallest absolute Gasteiger partial charge is 0.319 e. The molecule has 1 saturated heterocycles. The van der Waals surface area contributed by atoms with Gasteiger partial charge in [0.15, 0.2) is 0 Å². The molecule has 1 saturated carbocycles. The molecule has 25 heavy (non-hydrogen) atoms. The first-order valence-corrected chi connectivity index (χ1v) is 8.87. The van der Waals surface area contributed by atoms with E-state index in [4.69, 9.17) is 5.73 Å². The first-order chi connectivity index (χ1) is 12.0. The minimum Gasteiger partial charge on any atom is -0.341 e. The summed E-state index contributed by atoms with van der Waals surface area (Å²) in [6.07, 6.45) is 4.38. The van der Waals surface area contributed by atoms with E-state index in [1.807, 2.05) is 4.90 Å². The van der Waals surface area contributed by atoms with Crippen molar-refractivity contribution in [2.75, 3.05) is 18.4 Å². The molecule has 1 aliphatic heterocycles. The maximum Gasteiger partial charge on any atom is 0.319 e. The molecule has 3 amide bonds. The number of carbonyl (C=O) groups excluding carboxylic acids is 2. The highest BCUT2D eigenvalue weighted by Crippen LogP contribution is 2.28. The van der Waals surface area contributed by atoms with Crippen LogP contribution in [0.2, 0.25) is 0 Å². The van der Waals surface area contributed by atoms with Crippen LogP contribution in [0.15, 0.2) is 24.3 Å². The van der Waals surface area contributed by atoms with Crippen LogP contribution in [0.4, 0.5) is 14.9 Å². The molecule has 1 aromatic rings. The summed E-state index contributed by atoms with van der Waals surface area (Å²) in [5.41, 5.74) is 6.57. The number of nitrogens with zero attached hydrogens (tertiary/aromatic N) is 1. The Morgan fingerprint density at radius 1 is 1.20 bits per heavy atom. The van der Waals surface area contributed by atoms with Crippen LogP contribution in [0, 0.1) is 11.7 Å². The summed E-state index contributed by atoms with van der Waals surface area (Å²) in [4.78, 5) is 26.2. The molecular formula is C18H25FN4O2. The number of carbonyl (C=O) groups is 2. The number of likely N-dealkylation sites (tertiary alicyclic amines) is 1. The Morgan fingerprint density at radius 2 is 1.96 bits per heavy atom. The number of nitrogens with two attached hydrogens (primary N) is 1. The number of nitrogens with one attached hydrogen (secondary N) is 2. The van der Waals surface area contributed by atoms with E-state index in [-0.39, 0.29) is 29.8 Å². The summed E-state index contributed by atoms with van der Waals surface area (Å²) in [5, 5.41) is 5.53. The van der Waals surface area contributed by atoms with Crippen LogP contribution in [0.5, 0.6) is 0 Å². The van der Waals surface area contributed by atoms with E-state index >= 15 is 0 Å². The van der Waals surface area contributed by atoms with Gasteiger partial charge in [-0.15, -0.1) is 0 Å². The number of hydrogen-bond acceptors (Lipinski definition) is 3. The van der Waals surface area contributed by atoms with Crippen LogP contribution in [-0.2, 0) is 4.79 Å². The predicted octanol–water partition coefficient (Wildman–Crippen LogP) is 2.07. The SMILES string of the molecule is N[C@@H]1CCC[C@H]1CC(=O)N1CCC(NC(=O)Nc2ccc(F)cc2)C1. The first kappa shape index (κ1) is 17.7. The van der Waals surface area contributed by atoms with Gasteiger partial charge in [-0.25, -0.2) is 9.18 Å². The van der Waals surface area contributed by atoms with Gasteiger partial charge in [0.2, 0.25) is 5.91 Å². The molecule has 3 atom stereocenters. The highest BCUT2D eigenvalue weighted by molar-refractivity contribution is 5.89. The van der Waals surface area contributed by atoms with Crippen molar-refractivity contribution in [1.82, 2.24) is 10.2 Å². The Kier molecular flexibility index (Phi) is 5.53. The Labute approximate surface area is 146 Å². The van der Waals surface area contributed by atoms with Crippen molar-refractivity contribution in [3.05, 3.63) is 30.1 Å². The summed E-state index contributed by atoms with van der Waals surface area (Å²) in [5.74, 6) is 0.0739. The molecule has 136 valence electrons. The lowest BCUT2D eigenvalue weighted by molar-refractivity contribution is -0.131. The molecule has 0 bridgehead atoms. The molecule has 1 aromatic carbocycles. The molecule has 7 heteroatoms. The quantitative estimate of drug-likeness (QED) is 0.778. The fourth-order valence-corrected chi connectivity index (χ4v) is 3.66. The predicted molar refractivity (Wildman–Crippen MR) is 93.5 cm³/mol. The van der Waals surface area contributed by atoms with Gasteiger partial charge in [0, 0.05) is 37.3 Å². The third kappa shape index (κ3) is 4.69. The number of hydrogen-bond donors (Lipinski definition) is 3. The van der Waals surface area contributed by atoms with Gasteiger partial charge in [-0.3, -0.25) is 4.79 Å². The molecule has 4 N–H and O–H groups in total. The zero-order valence-electron chi connectivity index (χ0n) is 14.2. The van der Waals surface area contributed by atoms with E-state index in [1.54, 1.807) is 0 Å². The lowest BCUT2D eigenvalue weighted by Gasteiger charge is -2.21. The van der Waals surface area contributed by atoms with E-state index in [0.717, 1.165) is 25.7 Å². The van der Waals surface area contributed by atoms with E-state index in [1.165, 1.54) is 24.3 Å². The maximum atomic E-state index is 12.9. The van der Waals surface area contributed by atoms with E-state index in [2.05, 4.69) is 10.6 Å². The van der Waals surface area contributed by atoms with Crippen LogP contribution in [0.3, 0.4) is 0 Å². The molecule has 0 radical (unpaired) electrons. The highest BCUT2D eigenvalue weighted by atomic mass is 19.1. The second-order valence-electron chi connectivity index (χ2n) is 6.99. The van der Waals surface area contributed by atoms with Crippen LogP contribution in [0.25, 0.3) is 0 Å². The van der Waals surface area contributed by atoms with Gasteiger partial charge in [0.05, 0.1) is 0 Å². The summed E-state index contributed by atoms with van der Waals surface area (Å²) >= 11 is 0. The molecule has 1 heterocycles. The molecule has 1 aliphatic carbocycles. The first-order valence-electron chi connectivity index (χ1n) is 8.87. The third-order valence-electron chi connectivity index (χ3n) is 5.13.